The smallest absolute Gasteiger partial charge is 0.321 e. The molecule has 0 unspecified atom stereocenters. The maximum atomic E-state index is 13.6. The molecule has 1 N–H and O–H groups in total. The minimum Gasteiger partial charge on any atom is -0.494 e. The van der Waals surface area contributed by atoms with E-state index >= 15 is 0 Å². The molecule has 0 bridgehead atoms. The van der Waals surface area contributed by atoms with Gasteiger partial charge in [0.25, 0.3) is 0 Å². The molecule has 0 aromatic heterocycles. The molecule has 0 spiro atoms. The van der Waals surface area contributed by atoms with Gasteiger partial charge >= 0.3 is 6.03 Å². The molecule has 0 saturated carbocycles. The van der Waals surface area contributed by atoms with Crippen molar-refractivity contribution in [3.05, 3.63) is 59.9 Å². The number of para-hydroxylation sites is 1. The van der Waals surface area contributed by atoms with Gasteiger partial charge < -0.3 is 15.0 Å². The average Bonchev–Trinajstić information content (AvgIpc) is 2.55. The van der Waals surface area contributed by atoms with Crippen molar-refractivity contribution in [3.63, 3.8) is 0 Å². The second kappa shape index (κ2) is 8.17. The van der Waals surface area contributed by atoms with Crippen molar-refractivity contribution in [1.29, 1.82) is 0 Å². The molecule has 2 aromatic carbocycles. The minimum atomic E-state index is -0.440. The predicted molar refractivity (Wildman–Crippen MR) is 89.3 cm³/mol. The molecule has 0 saturated heterocycles. The van der Waals surface area contributed by atoms with Crippen LogP contribution in [-0.4, -0.2) is 31.1 Å². The largest absolute Gasteiger partial charge is 0.494 e. The standard InChI is InChI=1S/C18H21FN2O2/c1-14-9-10-16(19)17(13-14)20-18(22)21(2)11-6-12-23-15-7-4-3-5-8-15/h3-5,7-10,13H,6,11-12H2,1-2H3,(H,20,22). The van der Waals surface area contributed by atoms with Crippen LogP contribution in [0.3, 0.4) is 0 Å². The normalized spacial score (nSPS) is 10.2. The van der Waals surface area contributed by atoms with Crippen molar-refractivity contribution in [2.75, 3.05) is 25.5 Å². The van der Waals surface area contributed by atoms with Crippen molar-refractivity contribution in [3.8, 4) is 5.75 Å². The summed E-state index contributed by atoms with van der Waals surface area (Å²) < 4.78 is 19.2. The molecule has 0 heterocycles. The van der Waals surface area contributed by atoms with Crippen LogP contribution in [0.1, 0.15) is 12.0 Å². The first-order valence-electron chi connectivity index (χ1n) is 7.52. The highest BCUT2D eigenvalue weighted by molar-refractivity contribution is 5.89. The summed E-state index contributed by atoms with van der Waals surface area (Å²) in [6.07, 6.45) is 0.690. The third-order valence-corrected chi connectivity index (χ3v) is 3.36. The Morgan fingerprint density at radius 1 is 1.22 bits per heavy atom. The Bertz CT molecular complexity index is 647. The van der Waals surface area contributed by atoms with Crippen LogP contribution >= 0.6 is 0 Å². The van der Waals surface area contributed by atoms with Crippen LogP contribution in [0, 0.1) is 12.7 Å². The summed E-state index contributed by atoms with van der Waals surface area (Å²) in [6, 6.07) is 13.8. The fraction of sp³-hybridized carbons (Fsp3) is 0.278. The van der Waals surface area contributed by atoms with Gasteiger partial charge in [-0.1, -0.05) is 24.3 Å². The van der Waals surface area contributed by atoms with E-state index in [1.165, 1.54) is 11.0 Å². The molecule has 4 nitrogen and oxygen atoms in total. The van der Waals surface area contributed by atoms with E-state index in [1.54, 1.807) is 19.2 Å². The van der Waals surface area contributed by atoms with Gasteiger partial charge in [-0.15, -0.1) is 0 Å². The first-order chi connectivity index (χ1) is 11.1. The van der Waals surface area contributed by atoms with Gasteiger partial charge in [0.2, 0.25) is 0 Å². The molecule has 2 amide bonds. The Labute approximate surface area is 135 Å². The van der Waals surface area contributed by atoms with E-state index in [1.807, 2.05) is 37.3 Å². The molecule has 2 aromatic rings. The van der Waals surface area contributed by atoms with Crippen LogP contribution < -0.4 is 10.1 Å². The number of amides is 2. The number of benzene rings is 2. The lowest BCUT2D eigenvalue weighted by molar-refractivity contribution is 0.216. The first-order valence-corrected chi connectivity index (χ1v) is 7.52. The Kier molecular flexibility index (Phi) is 5.97. The van der Waals surface area contributed by atoms with E-state index in [0.29, 0.717) is 19.6 Å². The van der Waals surface area contributed by atoms with E-state index in [-0.39, 0.29) is 11.7 Å². The van der Waals surface area contributed by atoms with Crippen molar-refractivity contribution in [2.24, 2.45) is 0 Å². The second-order valence-electron chi connectivity index (χ2n) is 5.35. The number of nitrogens with one attached hydrogen (secondary N) is 1. The number of carbonyl (C=O) groups excluding carboxylic acids is 1. The van der Waals surface area contributed by atoms with Crippen LogP contribution in [0.5, 0.6) is 5.75 Å². The van der Waals surface area contributed by atoms with Crippen LogP contribution in [-0.2, 0) is 0 Å². The molecule has 0 aliphatic heterocycles. The monoisotopic (exact) mass is 316 g/mol. The summed E-state index contributed by atoms with van der Waals surface area (Å²) >= 11 is 0. The lowest BCUT2D eigenvalue weighted by atomic mass is 10.2. The number of urea groups is 1. The molecular formula is C18H21FN2O2. The van der Waals surface area contributed by atoms with Crippen LogP contribution in [0.2, 0.25) is 0 Å². The maximum absolute atomic E-state index is 13.6. The van der Waals surface area contributed by atoms with Gasteiger partial charge in [0.1, 0.15) is 11.6 Å². The van der Waals surface area contributed by atoms with Crippen molar-refractivity contribution in [1.82, 2.24) is 4.90 Å². The Balaban J connectivity index is 1.75. The van der Waals surface area contributed by atoms with Gasteiger partial charge in [0, 0.05) is 13.6 Å². The minimum absolute atomic E-state index is 0.197. The van der Waals surface area contributed by atoms with Gasteiger partial charge in [0.15, 0.2) is 0 Å². The van der Waals surface area contributed by atoms with Crippen molar-refractivity contribution in [2.45, 2.75) is 13.3 Å². The van der Waals surface area contributed by atoms with Crippen LogP contribution in [0.25, 0.3) is 0 Å². The predicted octanol–water partition coefficient (Wildman–Crippen LogP) is 4.07. The molecule has 0 fully saturated rings. The van der Waals surface area contributed by atoms with Gasteiger partial charge in [0.05, 0.1) is 12.3 Å². The molecule has 0 radical (unpaired) electrons. The summed E-state index contributed by atoms with van der Waals surface area (Å²) in [5.74, 6) is 0.367. The van der Waals surface area contributed by atoms with Gasteiger partial charge in [-0.05, 0) is 43.2 Å². The van der Waals surface area contributed by atoms with E-state index in [9.17, 15) is 9.18 Å². The number of nitrogens with zero attached hydrogens (tertiary/aromatic N) is 1. The van der Waals surface area contributed by atoms with E-state index < -0.39 is 5.82 Å². The Morgan fingerprint density at radius 3 is 2.70 bits per heavy atom. The maximum Gasteiger partial charge on any atom is 0.321 e. The Morgan fingerprint density at radius 2 is 1.96 bits per heavy atom. The van der Waals surface area contributed by atoms with E-state index in [2.05, 4.69) is 5.32 Å². The number of aryl methyl sites for hydroxylation is 1. The molecule has 0 aliphatic carbocycles. The van der Waals surface area contributed by atoms with Crippen molar-refractivity contribution >= 4 is 11.7 Å². The summed E-state index contributed by atoms with van der Waals surface area (Å²) in [6.45, 7) is 2.88. The fourth-order valence-corrected chi connectivity index (χ4v) is 2.06. The summed E-state index contributed by atoms with van der Waals surface area (Å²) in [4.78, 5) is 13.6. The first kappa shape index (κ1) is 16.8. The number of ether oxygens (including phenoxy) is 1. The average molecular weight is 316 g/mol. The highest BCUT2D eigenvalue weighted by Gasteiger charge is 2.11. The summed E-state index contributed by atoms with van der Waals surface area (Å²) in [7, 11) is 1.67. The Hall–Kier alpha value is -2.56. The lowest BCUT2D eigenvalue weighted by Gasteiger charge is -2.18. The highest BCUT2D eigenvalue weighted by atomic mass is 19.1. The molecule has 0 atom stereocenters. The zero-order valence-corrected chi connectivity index (χ0v) is 13.4. The number of hydrogen-bond acceptors (Lipinski definition) is 2. The molecule has 23 heavy (non-hydrogen) atoms. The third kappa shape index (κ3) is 5.29. The number of hydrogen-bond donors (Lipinski definition) is 1. The molecule has 0 aliphatic rings. The number of carbonyl (C=O) groups is 1. The number of anilines is 1. The fourth-order valence-electron chi connectivity index (χ4n) is 2.06. The lowest BCUT2D eigenvalue weighted by Crippen LogP contribution is -2.33. The third-order valence-electron chi connectivity index (χ3n) is 3.36. The van der Waals surface area contributed by atoms with Gasteiger partial charge in [-0.3, -0.25) is 0 Å². The number of halogens is 1. The van der Waals surface area contributed by atoms with Crippen LogP contribution in [0.4, 0.5) is 14.9 Å². The van der Waals surface area contributed by atoms with E-state index in [0.717, 1.165) is 11.3 Å². The topological polar surface area (TPSA) is 41.6 Å². The molecule has 122 valence electrons. The molecule has 2 rings (SSSR count). The SMILES string of the molecule is Cc1ccc(F)c(NC(=O)N(C)CCCOc2ccccc2)c1. The highest BCUT2D eigenvalue weighted by Crippen LogP contribution is 2.16. The summed E-state index contributed by atoms with van der Waals surface area (Å²) in [5.41, 5.74) is 1.09. The van der Waals surface area contributed by atoms with E-state index in [4.69, 9.17) is 4.74 Å². The summed E-state index contributed by atoms with van der Waals surface area (Å²) in [5, 5.41) is 2.58. The molecule has 5 heteroatoms. The molecular weight excluding hydrogens is 295 g/mol. The van der Waals surface area contributed by atoms with Crippen LogP contribution in [0.15, 0.2) is 48.5 Å². The second-order valence-corrected chi connectivity index (χ2v) is 5.35. The number of rotatable bonds is 6. The quantitative estimate of drug-likeness (QED) is 0.816. The van der Waals surface area contributed by atoms with Gasteiger partial charge in [-0.25, -0.2) is 9.18 Å². The van der Waals surface area contributed by atoms with Gasteiger partial charge in [-0.2, -0.15) is 0 Å². The zero-order valence-electron chi connectivity index (χ0n) is 13.4. The van der Waals surface area contributed by atoms with Crippen molar-refractivity contribution < 1.29 is 13.9 Å². The zero-order chi connectivity index (χ0) is 16.7.